The fourth-order valence-electron chi connectivity index (χ4n) is 3.17. The lowest BCUT2D eigenvalue weighted by Crippen LogP contribution is -2.36. The van der Waals surface area contributed by atoms with E-state index in [9.17, 15) is 4.79 Å². The highest BCUT2D eigenvalue weighted by Gasteiger charge is 2.16. The van der Waals surface area contributed by atoms with E-state index in [1.54, 1.807) is 0 Å². The van der Waals surface area contributed by atoms with Crippen LogP contribution in [0.1, 0.15) is 48.0 Å². The summed E-state index contributed by atoms with van der Waals surface area (Å²) in [6.07, 6.45) is 6.77. The van der Waals surface area contributed by atoms with Crippen molar-refractivity contribution in [2.75, 3.05) is 6.61 Å². The Morgan fingerprint density at radius 3 is 2.58 bits per heavy atom. The van der Waals surface area contributed by atoms with Crippen molar-refractivity contribution in [2.24, 2.45) is 0 Å². The average molecular weight is 323 g/mol. The first kappa shape index (κ1) is 16.6. The normalized spacial score (nSPS) is 15.0. The van der Waals surface area contributed by atoms with Crippen molar-refractivity contribution in [1.29, 1.82) is 0 Å². The molecule has 2 aromatic carbocycles. The van der Waals surface area contributed by atoms with Crippen molar-refractivity contribution in [3.63, 3.8) is 0 Å². The van der Waals surface area contributed by atoms with Crippen LogP contribution in [-0.4, -0.2) is 18.6 Å². The van der Waals surface area contributed by atoms with Gasteiger partial charge >= 0.3 is 0 Å². The van der Waals surface area contributed by atoms with E-state index in [0.717, 1.165) is 25.0 Å². The van der Waals surface area contributed by atoms with Crippen LogP contribution in [0.5, 0.6) is 5.75 Å². The summed E-state index contributed by atoms with van der Waals surface area (Å²) in [6, 6.07) is 18.1. The molecular weight excluding hydrogens is 298 g/mol. The Morgan fingerprint density at radius 1 is 1.00 bits per heavy atom. The van der Waals surface area contributed by atoms with Gasteiger partial charge in [0, 0.05) is 18.0 Å². The van der Waals surface area contributed by atoms with Gasteiger partial charge in [0.15, 0.2) is 0 Å². The van der Waals surface area contributed by atoms with Gasteiger partial charge in [-0.15, -0.1) is 0 Å². The van der Waals surface area contributed by atoms with Gasteiger partial charge in [0.2, 0.25) is 0 Å². The molecule has 1 aliphatic rings. The standard InChI is InChI=1S/C21H25NO2/c23-21(22-19-11-5-2-6-12-19)18-10-7-13-20(16-18)24-15-14-17-8-3-1-4-9-17/h1,3-4,7-10,13,16,19H,2,5-6,11-12,14-15H2,(H,22,23). The Balaban J connectivity index is 1.52. The second kappa shape index (κ2) is 8.53. The van der Waals surface area contributed by atoms with Crippen LogP contribution in [0.4, 0.5) is 0 Å². The SMILES string of the molecule is O=C(NC1CCCCC1)c1cccc(OCCc2ccccc2)c1. The molecule has 1 aliphatic carbocycles. The molecule has 126 valence electrons. The van der Waals surface area contributed by atoms with E-state index in [-0.39, 0.29) is 5.91 Å². The topological polar surface area (TPSA) is 38.3 Å². The van der Waals surface area contributed by atoms with E-state index in [2.05, 4.69) is 17.4 Å². The predicted molar refractivity (Wildman–Crippen MR) is 96.4 cm³/mol. The van der Waals surface area contributed by atoms with Crippen LogP contribution in [0.3, 0.4) is 0 Å². The van der Waals surface area contributed by atoms with E-state index in [1.165, 1.54) is 24.8 Å². The van der Waals surface area contributed by atoms with E-state index in [4.69, 9.17) is 4.74 Å². The first-order valence-corrected chi connectivity index (χ1v) is 8.89. The molecule has 1 amide bonds. The molecule has 0 aliphatic heterocycles. The summed E-state index contributed by atoms with van der Waals surface area (Å²) in [4.78, 5) is 12.4. The summed E-state index contributed by atoms with van der Waals surface area (Å²) in [6.45, 7) is 0.609. The van der Waals surface area contributed by atoms with Crippen LogP contribution in [0.15, 0.2) is 54.6 Å². The van der Waals surface area contributed by atoms with Gasteiger partial charge in [0.1, 0.15) is 5.75 Å². The van der Waals surface area contributed by atoms with E-state index < -0.39 is 0 Å². The smallest absolute Gasteiger partial charge is 0.251 e. The molecule has 1 fully saturated rings. The van der Waals surface area contributed by atoms with Crippen molar-refractivity contribution in [1.82, 2.24) is 5.32 Å². The average Bonchev–Trinajstić information content (AvgIpc) is 2.64. The molecule has 0 heterocycles. The highest BCUT2D eigenvalue weighted by atomic mass is 16.5. The Morgan fingerprint density at radius 2 is 1.79 bits per heavy atom. The van der Waals surface area contributed by atoms with Crippen LogP contribution in [0, 0.1) is 0 Å². The van der Waals surface area contributed by atoms with Gasteiger partial charge < -0.3 is 10.1 Å². The zero-order valence-corrected chi connectivity index (χ0v) is 14.0. The van der Waals surface area contributed by atoms with Crippen LogP contribution >= 0.6 is 0 Å². The number of carbonyl (C=O) groups is 1. The van der Waals surface area contributed by atoms with Crippen LogP contribution in [0.25, 0.3) is 0 Å². The molecule has 3 rings (SSSR count). The maximum Gasteiger partial charge on any atom is 0.251 e. The minimum atomic E-state index is 0.00964. The summed E-state index contributed by atoms with van der Waals surface area (Å²) >= 11 is 0. The van der Waals surface area contributed by atoms with Gasteiger partial charge in [-0.05, 0) is 36.6 Å². The predicted octanol–water partition coefficient (Wildman–Crippen LogP) is 4.37. The number of nitrogens with one attached hydrogen (secondary N) is 1. The van der Waals surface area contributed by atoms with Crippen molar-refractivity contribution < 1.29 is 9.53 Å². The number of ether oxygens (including phenoxy) is 1. The van der Waals surface area contributed by atoms with E-state index in [0.29, 0.717) is 18.2 Å². The number of hydrogen-bond donors (Lipinski definition) is 1. The van der Waals surface area contributed by atoms with Gasteiger partial charge in [-0.3, -0.25) is 4.79 Å². The van der Waals surface area contributed by atoms with Crippen molar-refractivity contribution in [2.45, 2.75) is 44.6 Å². The van der Waals surface area contributed by atoms with Crippen molar-refractivity contribution in [3.05, 3.63) is 65.7 Å². The third-order valence-electron chi connectivity index (χ3n) is 4.54. The summed E-state index contributed by atoms with van der Waals surface area (Å²) < 4.78 is 5.81. The van der Waals surface area contributed by atoms with Gasteiger partial charge in [0.25, 0.3) is 5.91 Å². The maximum atomic E-state index is 12.4. The summed E-state index contributed by atoms with van der Waals surface area (Å²) in [7, 11) is 0. The molecule has 3 nitrogen and oxygen atoms in total. The lowest BCUT2D eigenvalue weighted by atomic mass is 9.95. The molecule has 0 bridgehead atoms. The lowest BCUT2D eigenvalue weighted by molar-refractivity contribution is 0.0927. The molecule has 0 radical (unpaired) electrons. The van der Waals surface area contributed by atoms with E-state index >= 15 is 0 Å². The molecular formula is C21H25NO2. The molecule has 1 N–H and O–H groups in total. The van der Waals surface area contributed by atoms with Gasteiger partial charge in [-0.2, -0.15) is 0 Å². The van der Waals surface area contributed by atoms with Gasteiger partial charge in [-0.1, -0.05) is 55.7 Å². The first-order chi connectivity index (χ1) is 11.8. The number of carbonyl (C=O) groups excluding carboxylic acids is 1. The quantitative estimate of drug-likeness (QED) is 0.857. The third kappa shape index (κ3) is 4.85. The van der Waals surface area contributed by atoms with Crippen LogP contribution < -0.4 is 10.1 Å². The fourth-order valence-corrected chi connectivity index (χ4v) is 3.17. The Bertz CT molecular complexity index is 648. The zero-order valence-electron chi connectivity index (χ0n) is 14.0. The molecule has 0 aromatic heterocycles. The Hall–Kier alpha value is -2.29. The van der Waals surface area contributed by atoms with Crippen molar-refractivity contribution >= 4 is 5.91 Å². The number of hydrogen-bond acceptors (Lipinski definition) is 2. The summed E-state index contributed by atoms with van der Waals surface area (Å²) in [5.74, 6) is 0.762. The molecule has 0 atom stereocenters. The Kier molecular flexibility index (Phi) is 5.89. The largest absolute Gasteiger partial charge is 0.493 e. The molecule has 24 heavy (non-hydrogen) atoms. The highest BCUT2D eigenvalue weighted by molar-refractivity contribution is 5.94. The van der Waals surface area contributed by atoms with Gasteiger partial charge in [0.05, 0.1) is 6.61 Å². The monoisotopic (exact) mass is 323 g/mol. The molecule has 3 heteroatoms. The summed E-state index contributed by atoms with van der Waals surface area (Å²) in [5, 5.41) is 3.15. The number of amides is 1. The van der Waals surface area contributed by atoms with Crippen LogP contribution in [-0.2, 0) is 6.42 Å². The molecule has 0 saturated heterocycles. The zero-order chi connectivity index (χ0) is 16.6. The minimum absolute atomic E-state index is 0.00964. The second-order valence-electron chi connectivity index (χ2n) is 6.42. The highest BCUT2D eigenvalue weighted by Crippen LogP contribution is 2.19. The fraction of sp³-hybridized carbons (Fsp3) is 0.381. The minimum Gasteiger partial charge on any atom is -0.493 e. The first-order valence-electron chi connectivity index (χ1n) is 8.89. The Labute approximate surface area is 144 Å². The number of rotatable bonds is 6. The van der Waals surface area contributed by atoms with Crippen molar-refractivity contribution in [3.8, 4) is 5.75 Å². The molecule has 2 aromatic rings. The maximum absolute atomic E-state index is 12.4. The molecule has 1 saturated carbocycles. The molecule has 0 unspecified atom stereocenters. The summed E-state index contributed by atoms with van der Waals surface area (Å²) in [5.41, 5.74) is 1.93. The third-order valence-corrected chi connectivity index (χ3v) is 4.54. The second-order valence-corrected chi connectivity index (χ2v) is 6.42. The van der Waals surface area contributed by atoms with Gasteiger partial charge in [-0.25, -0.2) is 0 Å². The number of benzene rings is 2. The molecule has 0 spiro atoms. The lowest BCUT2D eigenvalue weighted by Gasteiger charge is -2.22. The van der Waals surface area contributed by atoms with Crippen LogP contribution in [0.2, 0.25) is 0 Å². The van der Waals surface area contributed by atoms with E-state index in [1.807, 2.05) is 42.5 Å².